The number of hydrogen-bond donors (Lipinski definition) is 0. The molecule has 0 spiro atoms. The average molecular weight is 248 g/mol. The van der Waals surface area contributed by atoms with E-state index in [-0.39, 0.29) is 11.9 Å². The summed E-state index contributed by atoms with van der Waals surface area (Å²) in [5.74, 6) is 0.0720. The summed E-state index contributed by atoms with van der Waals surface area (Å²) in [6, 6.07) is 20.0. The van der Waals surface area contributed by atoms with Crippen LogP contribution in [0.3, 0.4) is 0 Å². The minimum Gasteiger partial charge on any atom is -0.347 e. The Hall–Kier alpha value is -2.19. The number of hydrogen-bond acceptors (Lipinski definition) is 2. The van der Waals surface area contributed by atoms with Crippen LogP contribution >= 0.6 is 0 Å². The van der Waals surface area contributed by atoms with E-state index in [0.717, 1.165) is 16.7 Å². The van der Waals surface area contributed by atoms with Crippen molar-refractivity contribution in [3.05, 3.63) is 77.9 Å². The van der Waals surface area contributed by atoms with Gasteiger partial charge in [-0.3, -0.25) is 4.79 Å². The smallest absolute Gasteiger partial charge is 0.188 e. The lowest BCUT2D eigenvalue weighted by molar-refractivity contribution is -0.115. The van der Waals surface area contributed by atoms with Gasteiger partial charge in [0.15, 0.2) is 17.5 Å². The average Bonchev–Trinajstić information content (AvgIpc) is 3.17. The largest absolute Gasteiger partial charge is 0.347 e. The van der Waals surface area contributed by atoms with Gasteiger partial charge in [-0.05, 0) is 17.2 Å². The predicted octanol–water partition coefficient (Wildman–Crippen LogP) is 2.95. The van der Waals surface area contributed by atoms with Crippen molar-refractivity contribution in [3.63, 3.8) is 0 Å². The Morgan fingerprint density at radius 2 is 1.53 bits per heavy atom. The van der Waals surface area contributed by atoms with Crippen LogP contribution in [-0.2, 0) is 15.1 Å². The Kier molecular flexibility index (Phi) is 2.06. The second kappa shape index (κ2) is 3.65. The van der Waals surface area contributed by atoms with Gasteiger partial charge in [0.05, 0.1) is 0 Å². The van der Waals surface area contributed by atoms with E-state index >= 15 is 0 Å². The first kappa shape index (κ1) is 10.7. The highest BCUT2D eigenvalue weighted by molar-refractivity contribution is 6.11. The fourth-order valence-corrected chi connectivity index (χ4v) is 2.92. The Balaban J connectivity index is 1.87. The van der Waals surface area contributed by atoms with E-state index in [1.54, 1.807) is 6.08 Å². The van der Waals surface area contributed by atoms with Gasteiger partial charge in [0.25, 0.3) is 0 Å². The van der Waals surface area contributed by atoms with Gasteiger partial charge >= 0.3 is 0 Å². The molecule has 19 heavy (non-hydrogen) atoms. The van der Waals surface area contributed by atoms with E-state index in [2.05, 4.69) is 0 Å². The Morgan fingerprint density at radius 1 is 0.895 bits per heavy atom. The normalized spacial score (nSPS) is 27.9. The van der Waals surface area contributed by atoms with Gasteiger partial charge in [-0.15, -0.1) is 0 Å². The number of ketones is 1. The van der Waals surface area contributed by atoms with Gasteiger partial charge in [0, 0.05) is 5.57 Å². The molecule has 2 nitrogen and oxygen atoms in total. The maximum atomic E-state index is 12.0. The molecule has 1 aliphatic heterocycles. The number of carbonyl (C=O) groups excluding carboxylic acids is 1. The molecule has 1 aliphatic carbocycles. The van der Waals surface area contributed by atoms with E-state index in [9.17, 15) is 4.79 Å². The third-order valence-electron chi connectivity index (χ3n) is 3.85. The molecule has 4 rings (SSSR count). The van der Waals surface area contributed by atoms with Crippen LogP contribution in [0.2, 0.25) is 0 Å². The molecular weight excluding hydrogens is 236 g/mol. The highest BCUT2D eigenvalue weighted by atomic mass is 16.6. The molecule has 2 aliphatic rings. The van der Waals surface area contributed by atoms with Crippen LogP contribution in [0.4, 0.5) is 0 Å². The van der Waals surface area contributed by atoms with E-state index in [0.29, 0.717) is 0 Å². The zero-order valence-electron chi connectivity index (χ0n) is 10.2. The highest BCUT2D eigenvalue weighted by Gasteiger charge is 2.67. The van der Waals surface area contributed by atoms with Gasteiger partial charge in [-0.1, -0.05) is 60.7 Å². The molecule has 92 valence electrons. The maximum Gasteiger partial charge on any atom is 0.188 e. The van der Waals surface area contributed by atoms with Crippen LogP contribution < -0.4 is 0 Å². The van der Waals surface area contributed by atoms with Crippen molar-refractivity contribution in [3.8, 4) is 0 Å². The molecule has 1 fully saturated rings. The molecular formula is C17H12O2. The lowest BCUT2D eigenvalue weighted by atomic mass is 9.88. The van der Waals surface area contributed by atoms with Crippen molar-refractivity contribution < 1.29 is 9.53 Å². The molecule has 2 aromatic carbocycles. The standard InChI is InChI=1S/C17H12O2/c18-15-11-14(12-7-3-1-4-8-12)17(16(15)19-17)13-9-5-2-6-10-13/h1-11,16H. The first-order valence-corrected chi connectivity index (χ1v) is 6.37. The molecule has 0 N–H and O–H groups in total. The van der Waals surface area contributed by atoms with Crippen molar-refractivity contribution in [2.24, 2.45) is 0 Å². The number of ether oxygens (including phenoxy) is 1. The quantitative estimate of drug-likeness (QED) is 0.765. The second-order valence-electron chi connectivity index (χ2n) is 4.93. The molecule has 0 aromatic heterocycles. The lowest BCUT2D eigenvalue weighted by Crippen LogP contribution is -2.12. The van der Waals surface area contributed by atoms with Gasteiger partial charge in [-0.25, -0.2) is 0 Å². The van der Waals surface area contributed by atoms with Crippen LogP contribution in [-0.4, -0.2) is 11.9 Å². The maximum absolute atomic E-state index is 12.0. The Bertz CT molecular complexity index is 673. The van der Waals surface area contributed by atoms with E-state index in [4.69, 9.17) is 4.74 Å². The number of epoxide rings is 1. The minimum absolute atomic E-state index is 0.0720. The molecule has 1 saturated heterocycles. The van der Waals surface area contributed by atoms with Gasteiger partial charge < -0.3 is 4.74 Å². The first-order valence-electron chi connectivity index (χ1n) is 6.37. The first-order chi connectivity index (χ1) is 9.32. The van der Waals surface area contributed by atoms with Crippen LogP contribution in [0, 0.1) is 0 Å². The summed E-state index contributed by atoms with van der Waals surface area (Å²) in [5, 5.41) is 0. The molecule has 2 aromatic rings. The molecule has 2 heteroatoms. The summed E-state index contributed by atoms with van der Waals surface area (Å²) in [5.41, 5.74) is 2.55. The molecule has 0 bridgehead atoms. The van der Waals surface area contributed by atoms with Crippen molar-refractivity contribution in [2.75, 3.05) is 0 Å². The van der Waals surface area contributed by atoms with Crippen molar-refractivity contribution in [2.45, 2.75) is 11.7 Å². The fourth-order valence-electron chi connectivity index (χ4n) is 2.92. The Morgan fingerprint density at radius 3 is 2.16 bits per heavy atom. The third kappa shape index (κ3) is 1.38. The SMILES string of the molecule is O=C1C=C(c2ccccc2)C2(c3ccccc3)OC12. The van der Waals surface area contributed by atoms with E-state index < -0.39 is 5.60 Å². The topological polar surface area (TPSA) is 29.6 Å². The summed E-state index contributed by atoms with van der Waals surface area (Å²) in [7, 11) is 0. The summed E-state index contributed by atoms with van der Waals surface area (Å²) in [4.78, 5) is 12.0. The van der Waals surface area contributed by atoms with Crippen LogP contribution in [0.15, 0.2) is 66.7 Å². The van der Waals surface area contributed by atoms with Gasteiger partial charge in [-0.2, -0.15) is 0 Å². The number of fused-ring (bicyclic) bond motifs is 1. The zero-order chi connectivity index (χ0) is 12.9. The number of rotatable bonds is 2. The summed E-state index contributed by atoms with van der Waals surface area (Å²) < 4.78 is 5.79. The second-order valence-corrected chi connectivity index (χ2v) is 4.93. The molecule has 2 unspecified atom stereocenters. The third-order valence-corrected chi connectivity index (χ3v) is 3.85. The minimum atomic E-state index is -0.542. The highest BCUT2D eigenvalue weighted by Crippen LogP contribution is 2.59. The van der Waals surface area contributed by atoms with Crippen LogP contribution in [0.1, 0.15) is 11.1 Å². The summed E-state index contributed by atoms with van der Waals surface area (Å²) >= 11 is 0. The number of benzene rings is 2. The monoisotopic (exact) mass is 248 g/mol. The zero-order valence-corrected chi connectivity index (χ0v) is 10.2. The Labute approximate surface area is 111 Å². The molecule has 2 atom stereocenters. The van der Waals surface area contributed by atoms with Crippen LogP contribution in [0.25, 0.3) is 5.57 Å². The van der Waals surface area contributed by atoms with E-state index in [1.165, 1.54) is 0 Å². The predicted molar refractivity (Wildman–Crippen MR) is 72.4 cm³/mol. The molecule has 1 heterocycles. The molecule has 0 amide bonds. The lowest BCUT2D eigenvalue weighted by Gasteiger charge is -2.14. The van der Waals surface area contributed by atoms with Crippen LogP contribution in [0.5, 0.6) is 0 Å². The summed E-state index contributed by atoms with van der Waals surface area (Å²) in [6.45, 7) is 0. The van der Waals surface area contributed by atoms with Gasteiger partial charge in [0.2, 0.25) is 0 Å². The number of carbonyl (C=O) groups is 1. The molecule has 0 saturated carbocycles. The fraction of sp³-hybridized carbons (Fsp3) is 0.118. The molecule has 0 radical (unpaired) electrons. The van der Waals surface area contributed by atoms with E-state index in [1.807, 2.05) is 60.7 Å². The summed E-state index contributed by atoms with van der Waals surface area (Å²) in [6.07, 6.45) is 1.40. The van der Waals surface area contributed by atoms with Crippen molar-refractivity contribution in [1.82, 2.24) is 0 Å². The van der Waals surface area contributed by atoms with Crippen molar-refractivity contribution in [1.29, 1.82) is 0 Å². The van der Waals surface area contributed by atoms with Gasteiger partial charge in [0.1, 0.15) is 0 Å². The van der Waals surface area contributed by atoms with Crippen molar-refractivity contribution >= 4 is 11.4 Å².